The van der Waals surface area contributed by atoms with Crippen LogP contribution in [0.25, 0.3) is 4.91 Å². The van der Waals surface area contributed by atoms with E-state index in [0.717, 1.165) is 0 Å². The Labute approximate surface area is 101 Å². The van der Waals surface area contributed by atoms with Crippen molar-refractivity contribution < 1.29 is 0 Å². The Balaban J connectivity index is 2.39. The molecule has 0 saturated carbocycles. The maximum atomic E-state index is 2.29. The number of benzene rings is 1. The van der Waals surface area contributed by atoms with Crippen molar-refractivity contribution in [3.63, 3.8) is 0 Å². The second-order valence-corrected chi connectivity index (χ2v) is 6.15. The molecule has 0 bridgehead atoms. The van der Waals surface area contributed by atoms with E-state index in [9.17, 15) is 0 Å². The lowest BCUT2D eigenvalue weighted by molar-refractivity contribution is 0.820. The van der Waals surface area contributed by atoms with E-state index in [0.29, 0.717) is 5.92 Å². The lowest BCUT2D eigenvalue weighted by Gasteiger charge is -2.22. The van der Waals surface area contributed by atoms with E-state index in [-0.39, 0.29) is 0 Å². The zero-order valence-corrected chi connectivity index (χ0v) is 10.8. The largest absolute Gasteiger partial charge is 0.128 e. The predicted octanol–water partition coefficient (Wildman–Crippen LogP) is 4.49. The smallest absolute Gasteiger partial charge is 0.0242 e. The molecule has 1 aliphatic rings. The molecule has 0 aromatic heterocycles. The van der Waals surface area contributed by atoms with Gasteiger partial charge < -0.3 is 0 Å². The quantitative estimate of drug-likeness (QED) is 0.742. The van der Waals surface area contributed by atoms with Gasteiger partial charge in [0.1, 0.15) is 0 Å². The van der Waals surface area contributed by atoms with Crippen LogP contribution in [0, 0.1) is 5.92 Å². The van der Waals surface area contributed by atoms with E-state index >= 15 is 0 Å². The van der Waals surface area contributed by atoms with Crippen LogP contribution in [0.1, 0.15) is 19.4 Å². The van der Waals surface area contributed by atoms with Gasteiger partial charge in [-0.05, 0) is 11.5 Å². The SMILES string of the molecule is CC(C)C1=C(c2ccccc2)SCCS1. The lowest BCUT2D eigenvalue weighted by Crippen LogP contribution is -2.02. The van der Waals surface area contributed by atoms with E-state index in [1.54, 1.807) is 4.91 Å². The molecule has 0 spiro atoms. The molecule has 2 heteroatoms. The van der Waals surface area contributed by atoms with Gasteiger partial charge in [-0.2, -0.15) is 0 Å². The molecule has 0 fully saturated rings. The van der Waals surface area contributed by atoms with Crippen molar-refractivity contribution in [1.29, 1.82) is 0 Å². The highest BCUT2D eigenvalue weighted by atomic mass is 32.2. The number of hydrogen-bond donors (Lipinski definition) is 0. The Morgan fingerprint density at radius 1 is 1.00 bits per heavy atom. The van der Waals surface area contributed by atoms with Crippen LogP contribution in [0.3, 0.4) is 0 Å². The summed E-state index contributed by atoms with van der Waals surface area (Å²) in [5.41, 5.74) is 1.39. The van der Waals surface area contributed by atoms with Gasteiger partial charge in [0.25, 0.3) is 0 Å². The van der Waals surface area contributed by atoms with E-state index in [4.69, 9.17) is 0 Å². The van der Waals surface area contributed by atoms with Gasteiger partial charge in [-0.15, -0.1) is 23.5 Å². The molecule has 15 heavy (non-hydrogen) atoms. The molecule has 0 aliphatic carbocycles. The second-order valence-electron chi connectivity index (χ2n) is 3.91. The zero-order chi connectivity index (χ0) is 10.7. The van der Waals surface area contributed by atoms with Gasteiger partial charge in [-0.3, -0.25) is 0 Å². The Bertz CT molecular complexity index is 352. The van der Waals surface area contributed by atoms with Crippen molar-refractivity contribution in [2.75, 3.05) is 11.5 Å². The monoisotopic (exact) mass is 236 g/mol. The first kappa shape index (κ1) is 11.2. The summed E-state index contributed by atoms with van der Waals surface area (Å²) < 4.78 is 0. The molecule has 1 aliphatic heterocycles. The Kier molecular flexibility index (Phi) is 3.81. The van der Waals surface area contributed by atoms with Crippen LogP contribution < -0.4 is 0 Å². The van der Waals surface area contributed by atoms with Crippen LogP contribution >= 0.6 is 23.5 Å². The summed E-state index contributed by atoms with van der Waals surface area (Å²) in [6.07, 6.45) is 0. The van der Waals surface area contributed by atoms with Gasteiger partial charge in [0.15, 0.2) is 0 Å². The Morgan fingerprint density at radius 2 is 1.67 bits per heavy atom. The van der Waals surface area contributed by atoms with Crippen molar-refractivity contribution in [2.45, 2.75) is 13.8 Å². The van der Waals surface area contributed by atoms with Gasteiger partial charge in [0, 0.05) is 21.3 Å². The van der Waals surface area contributed by atoms with Gasteiger partial charge in [0.05, 0.1) is 0 Å². The first-order chi connectivity index (χ1) is 7.29. The molecule has 80 valence electrons. The molecule has 0 amide bonds. The normalized spacial score (nSPS) is 17.3. The van der Waals surface area contributed by atoms with Gasteiger partial charge >= 0.3 is 0 Å². The molecule has 0 nitrogen and oxygen atoms in total. The van der Waals surface area contributed by atoms with Crippen molar-refractivity contribution >= 4 is 28.4 Å². The first-order valence-corrected chi connectivity index (χ1v) is 7.31. The third-order valence-corrected chi connectivity index (χ3v) is 5.31. The Morgan fingerprint density at radius 3 is 2.33 bits per heavy atom. The molecule has 0 unspecified atom stereocenters. The fourth-order valence-corrected chi connectivity index (χ4v) is 4.38. The second kappa shape index (κ2) is 5.13. The van der Waals surface area contributed by atoms with Crippen molar-refractivity contribution in [3.05, 3.63) is 40.8 Å². The van der Waals surface area contributed by atoms with Crippen LogP contribution in [0.15, 0.2) is 35.2 Å². The van der Waals surface area contributed by atoms with Crippen LogP contribution in [0.5, 0.6) is 0 Å². The predicted molar refractivity (Wildman–Crippen MR) is 73.1 cm³/mol. The summed E-state index contributed by atoms with van der Waals surface area (Å²) in [4.78, 5) is 3.07. The van der Waals surface area contributed by atoms with E-state index in [2.05, 4.69) is 44.2 Å². The molecule has 2 rings (SSSR count). The summed E-state index contributed by atoms with van der Waals surface area (Å²) in [5, 5.41) is 0. The average molecular weight is 236 g/mol. The van der Waals surface area contributed by atoms with E-state index in [1.807, 2.05) is 23.5 Å². The minimum Gasteiger partial charge on any atom is -0.128 e. The highest BCUT2D eigenvalue weighted by Gasteiger charge is 2.17. The highest BCUT2D eigenvalue weighted by Crippen LogP contribution is 2.43. The molecular weight excluding hydrogens is 220 g/mol. The van der Waals surface area contributed by atoms with Crippen LogP contribution in [-0.2, 0) is 0 Å². The van der Waals surface area contributed by atoms with E-state index in [1.165, 1.54) is 22.0 Å². The molecular formula is C13H16S2. The summed E-state index contributed by atoms with van der Waals surface area (Å²) >= 11 is 4.04. The lowest BCUT2D eigenvalue weighted by atomic mass is 10.1. The van der Waals surface area contributed by atoms with Gasteiger partial charge in [-0.25, -0.2) is 0 Å². The maximum absolute atomic E-state index is 2.29. The molecule has 0 N–H and O–H groups in total. The molecule has 0 radical (unpaired) electrons. The van der Waals surface area contributed by atoms with Gasteiger partial charge in [-0.1, -0.05) is 44.2 Å². The molecule has 1 heterocycles. The van der Waals surface area contributed by atoms with Crippen LogP contribution in [0.2, 0.25) is 0 Å². The van der Waals surface area contributed by atoms with Crippen molar-refractivity contribution in [1.82, 2.24) is 0 Å². The minimum absolute atomic E-state index is 0.651. The third-order valence-electron chi connectivity index (χ3n) is 2.37. The van der Waals surface area contributed by atoms with Gasteiger partial charge in [0.2, 0.25) is 0 Å². The van der Waals surface area contributed by atoms with Crippen LogP contribution in [-0.4, -0.2) is 11.5 Å². The molecule has 0 atom stereocenters. The summed E-state index contributed by atoms with van der Waals surface area (Å²) in [5.74, 6) is 3.15. The number of rotatable bonds is 2. The first-order valence-electron chi connectivity index (χ1n) is 5.34. The molecule has 0 saturated heterocycles. The third kappa shape index (κ3) is 2.61. The molecule has 1 aromatic rings. The Hall–Kier alpha value is -0.340. The average Bonchev–Trinajstić information content (AvgIpc) is 2.30. The summed E-state index contributed by atoms with van der Waals surface area (Å²) in [6, 6.07) is 10.8. The number of thioether (sulfide) groups is 2. The fraction of sp³-hybridized carbons (Fsp3) is 0.385. The number of hydrogen-bond acceptors (Lipinski definition) is 2. The number of allylic oxidation sites excluding steroid dienone is 1. The standard InChI is InChI=1S/C13H16S2/c1-10(2)12-13(15-9-8-14-12)11-6-4-3-5-7-11/h3-7,10H,8-9H2,1-2H3. The molecule has 1 aromatic carbocycles. The highest BCUT2D eigenvalue weighted by molar-refractivity contribution is 8.13. The van der Waals surface area contributed by atoms with Crippen molar-refractivity contribution in [3.8, 4) is 0 Å². The zero-order valence-electron chi connectivity index (χ0n) is 9.19. The fourth-order valence-electron chi connectivity index (χ4n) is 1.68. The summed E-state index contributed by atoms with van der Waals surface area (Å²) in [7, 11) is 0. The minimum atomic E-state index is 0.651. The summed E-state index contributed by atoms with van der Waals surface area (Å²) in [6.45, 7) is 4.58. The van der Waals surface area contributed by atoms with E-state index < -0.39 is 0 Å². The van der Waals surface area contributed by atoms with Crippen LogP contribution in [0.4, 0.5) is 0 Å². The van der Waals surface area contributed by atoms with Crippen molar-refractivity contribution in [2.24, 2.45) is 5.92 Å². The maximum Gasteiger partial charge on any atom is 0.0242 e. The topological polar surface area (TPSA) is 0 Å².